The molecule has 0 unspecified atom stereocenters. The van der Waals surface area contributed by atoms with Gasteiger partial charge in [-0.05, 0) is 98.6 Å². The summed E-state index contributed by atoms with van der Waals surface area (Å²) in [4.78, 5) is 29.8. The number of aryl methyl sites for hydroxylation is 3. The van der Waals surface area contributed by atoms with Gasteiger partial charge < -0.3 is 18.9 Å². The Morgan fingerprint density at radius 3 is 2.39 bits per heavy atom. The van der Waals surface area contributed by atoms with Crippen LogP contribution in [-0.4, -0.2) is 60.1 Å². The minimum atomic E-state index is -0.274. The topological polar surface area (TPSA) is 64.0 Å². The lowest BCUT2D eigenvalue weighted by atomic mass is 10.1. The van der Waals surface area contributed by atoms with Gasteiger partial charge in [0.2, 0.25) is 0 Å². The zero-order valence-electron chi connectivity index (χ0n) is 22.3. The Hall–Kier alpha value is -3.49. The van der Waals surface area contributed by atoms with Gasteiger partial charge in [0.15, 0.2) is 0 Å². The molecule has 1 aromatic heterocycles. The van der Waals surface area contributed by atoms with Crippen LogP contribution in [-0.2, 0) is 9.53 Å². The molecule has 3 aromatic rings. The Morgan fingerprint density at radius 1 is 0.947 bits per heavy atom. The first-order valence-corrected chi connectivity index (χ1v) is 13.7. The van der Waals surface area contributed by atoms with E-state index in [9.17, 15) is 9.59 Å². The summed E-state index contributed by atoms with van der Waals surface area (Å²) in [6.07, 6.45) is 1.83. The molecule has 198 valence electrons. The number of thioether (sulfide) groups is 1. The number of carbonyl (C=O) groups is 2. The van der Waals surface area contributed by atoms with Gasteiger partial charge in [0, 0.05) is 35.9 Å². The quantitative estimate of drug-likeness (QED) is 0.367. The number of aromatic nitrogens is 1. The molecule has 0 aliphatic carbocycles. The molecule has 2 amide bonds. The van der Waals surface area contributed by atoms with E-state index in [1.165, 1.54) is 10.6 Å². The summed E-state index contributed by atoms with van der Waals surface area (Å²) in [5.41, 5.74) is 7.39. The van der Waals surface area contributed by atoms with E-state index in [2.05, 4.69) is 46.7 Å². The van der Waals surface area contributed by atoms with E-state index in [1.807, 2.05) is 45.0 Å². The largest absolute Gasteiger partial charge is 0.491 e. The first kappa shape index (κ1) is 26.1. The van der Waals surface area contributed by atoms with Crippen LogP contribution >= 0.6 is 11.8 Å². The van der Waals surface area contributed by atoms with Crippen LogP contribution in [0, 0.1) is 27.7 Å². The summed E-state index contributed by atoms with van der Waals surface area (Å²) in [6, 6.07) is 16.6. The fourth-order valence-corrected chi connectivity index (χ4v) is 5.76. The third-order valence-electron chi connectivity index (χ3n) is 7.03. The maximum Gasteiger partial charge on any atom is 0.293 e. The van der Waals surface area contributed by atoms with Crippen LogP contribution in [0.4, 0.5) is 10.5 Å². The Bertz CT molecular complexity index is 1390. The second-order valence-corrected chi connectivity index (χ2v) is 10.7. The van der Waals surface area contributed by atoms with Crippen molar-refractivity contribution in [1.82, 2.24) is 9.47 Å². The zero-order valence-corrected chi connectivity index (χ0v) is 23.1. The minimum absolute atomic E-state index is 0.212. The van der Waals surface area contributed by atoms with Crippen molar-refractivity contribution in [2.75, 3.05) is 44.4 Å². The molecule has 3 heterocycles. The van der Waals surface area contributed by atoms with Crippen LogP contribution in [0.25, 0.3) is 11.8 Å². The average molecular weight is 532 g/mol. The smallest absolute Gasteiger partial charge is 0.293 e. The summed E-state index contributed by atoms with van der Waals surface area (Å²) in [7, 11) is 0. The second-order valence-electron chi connectivity index (χ2n) is 9.73. The molecule has 8 heteroatoms. The fourth-order valence-electron chi connectivity index (χ4n) is 4.91. The SMILES string of the molecule is Cc1ccc(C)c(OCCN2C(=O)S/C(=C\c3cc(C)n(-c4ccc(N5CCOCC5)cc4)c3C)C2=O)c1. The molecule has 0 radical (unpaired) electrons. The van der Waals surface area contributed by atoms with Crippen molar-refractivity contribution in [2.24, 2.45) is 0 Å². The van der Waals surface area contributed by atoms with Gasteiger partial charge in [-0.1, -0.05) is 12.1 Å². The third-order valence-corrected chi connectivity index (χ3v) is 7.94. The minimum Gasteiger partial charge on any atom is -0.491 e. The van der Waals surface area contributed by atoms with Crippen LogP contribution in [0.5, 0.6) is 5.75 Å². The molecule has 2 aromatic carbocycles. The number of hydrogen-bond acceptors (Lipinski definition) is 6. The van der Waals surface area contributed by atoms with Gasteiger partial charge in [-0.25, -0.2) is 0 Å². The number of anilines is 1. The summed E-state index contributed by atoms with van der Waals surface area (Å²) < 4.78 is 13.5. The van der Waals surface area contributed by atoms with Gasteiger partial charge in [-0.2, -0.15) is 0 Å². The van der Waals surface area contributed by atoms with Crippen LogP contribution in [0.3, 0.4) is 0 Å². The Balaban J connectivity index is 1.28. The standard InChI is InChI=1S/C30H33N3O4S/c1-20-5-6-21(2)27(17-20)37-16-13-32-29(34)28(38-30(32)35)19-24-18-22(3)33(23(24)4)26-9-7-25(8-10-26)31-11-14-36-15-12-31/h5-10,17-19H,11-16H2,1-4H3/b28-19-. The van der Waals surface area contributed by atoms with Crippen molar-refractivity contribution >= 4 is 34.7 Å². The molecule has 0 saturated carbocycles. The number of rotatable bonds is 7. The van der Waals surface area contributed by atoms with Gasteiger partial charge in [0.25, 0.3) is 11.1 Å². The van der Waals surface area contributed by atoms with Gasteiger partial charge in [-0.15, -0.1) is 0 Å². The normalized spacial score (nSPS) is 17.1. The van der Waals surface area contributed by atoms with Gasteiger partial charge in [0.1, 0.15) is 12.4 Å². The number of hydrogen-bond donors (Lipinski definition) is 0. The van der Waals surface area contributed by atoms with Gasteiger partial charge >= 0.3 is 0 Å². The molecule has 0 N–H and O–H groups in total. The van der Waals surface area contributed by atoms with Crippen molar-refractivity contribution in [3.63, 3.8) is 0 Å². The Morgan fingerprint density at radius 2 is 1.66 bits per heavy atom. The highest BCUT2D eigenvalue weighted by Crippen LogP contribution is 2.34. The number of morpholine rings is 1. The summed E-state index contributed by atoms with van der Waals surface area (Å²) in [5, 5.41) is -0.265. The molecule has 0 spiro atoms. The Labute approximate surface area is 228 Å². The monoisotopic (exact) mass is 531 g/mol. The lowest BCUT2D eigenvalue weighted by Crippen LogP contribution is -2.36. The number of carbonyl (C=O) groups excluding carboxylic acids is 2. The van der Waals surface area contributed by atoms with E-state index in [-0.39, 0.29) is 24.3 Å². The predicted octanol–water partition coefficient (Wildman–Crippen LogP) is 5.66. The van der Waals surface area contributed by atoms with E-state index in [0.29, 0.717) is 4.91 Å². The highest BCUT2D eigenvalue weighted by atomic mass is 32.2. The second kappa shape index (κ2) is 11.1. The molecule has 2 aliphatic rings. The van der Waals surface area contributed by atoms with E-state index in [4.69, 9.17) is 9.47 Å². The summed E-state index contributed by atoms with van der Waals surface area (Å²) >= 11 is 0.984. The zero-order chi connectivity index (χ0) is 26.8. The molecule has 7 nitrogen and oxygen atoms in total. The van der Waals surface area contributed by atoms with Crippen molar-refractivity contribution < 1.29 is 19.1 Å². The summed E-state index contributed by atoms with van der Waals surface area (Å²) in [6.45, 7) is 11.9. The first-order valence-electron chi connectivity index (χ1n) is 12.9. The van der Waals surface area contributed by atoms with Crippen LogP contribution in [0.15, 0.2) is 53.4 Å². The van der Waals surface area contributed by atoms with E-state index >= 15 is 0 Å². The van der Waals surface area contributed by atoms with Crippen LogP contribution < -0.4 is 9.64 Å². The van der Waals surface area contributed by atoms with E-state index < -0.39 is 0 Å². The third kappa shape index (κ3) is 5.37. The van der Waals surface area contributed by atoms with Crippen molar-refractivity contribution in [3.8, 4) is 11.4 Å². The van der Waals surface area contributed by atoms with E-state index in [0.717, 1.165) is 77.6 Å². The van der Waals surface area contributed by atoms with E-state index in [1.54, 1.807) is 0 Å². The molecule has 38 heavy (non-hydrogen) atoms. The fraction of sp³-hybridized carbons (Fsp3) is 0.333. The highest BCUT2D eigenvalue weighted by Gasteiger charge is 2.35. The molecule has 2 aliphatic heterocycles. The number of ether oxygens (including phenoxy) is 2. The lowest BCUT2D eigenvalue weighted by molar-refractivity contribution is -0.123. The molecule has 2 fully saturated rings. The van der Waals surface area contributed by atoms with Crippen molar-refractivity contribution in [2.45, 2.75) is 27.7 Å². The molecule has 5 rings (SSSR count). The van der Waals surface area contributed by atoms with Crippen LogP contribution in [0.1, 0.15) is 28.1 Å². The average Bonchev–Trinajstić information content (AvgIpc) is 3.35. The maximum atomic E-state index is 13.1. The number of imide groups is 1. The number of nitrogens with zero attached hydrogens (tertiary/aromatic N) is 3. The van der Waals surface area contributed by atoms with Crippen LogP contribution in [0.2, 0.25) is 0 Å². The molecule has 2 saturated heterocycles. The Kier molecular flexibility index (Phi) is 7.63. The maximum absolute atomic E-state index is 13.1. The van der Waals surface area contributed by atoms with Gasteiger partial charge in [0.05, 0.1) is 24.7 Å². The molecular weight excluding hydrogens is 498 g/mol. The number of amides is 2. The molecule has 0 bridgehead atoms. The number of benzene rings is 2. The van der Waals surface area contributed by atoms with Crippen molar-refractivity contribution in [3.05, 3.63) is 81.5 Å². The summed E-state index contributed by atoms with van der Waals surface area (Å²) in [5.74, 6) is 0.502. The molecular formula is C30H33N3O4S. The van der Waals surface area contributed by atoms with Crippen molar-refractivity contribution in [1.29, 1.82) is 0 Å². The first-order chi connectivity index (χ1) is 18.3. The van der Waals surface area contributed by atoms with Gasteiger partial charge in [-0.3, -0.25) is 14.5 Å². The molecule has 0 atom stereocenters. The predicted molar refractivity (Wildman–Crippen MR) is 152 cm³/mol. The lowest BCUT2D eigenvalue weighted by Gasteiger charge is -2.29. The highest BCUT2D eigenvalue weighted by molar-refractivity contribution is 8.18.